The Morgan fingerprint density at radius 3 is 2.59 bits per heavy atom. The minimum Gasteiger partial charge on any atom is -0.484 e. The third-order valence-corrected chi connectivity index (χ3v) is 5.80. The van der Waals surface area contributed by atoms with Crippen molar-refractivity contribution in [3.63, 3.8) is 0 Å². The number of halogens is 1. The van der Waals surface area contributed by atoms with Crippen LogP contribution >= 0.6 is 11.6 Å². The van der Waals surface area contributed by atoms with E-state index in [0.717, 1.165) is 18.4 Å². The molecule has 7 nitrogen and oxygen atoms in total. The van der Waals surface area contributed by atoms with Crippen LogP contribution in [0.15, 0.2) is 48.5 Å². The molecule has 0 spiro atoms. The molecule has 0 N–H and O–H groups in total. The van der Waals surface area contributed by atoms with Crippen LogP contribution < -0.4 is 9.64 Å². The Morgan fingerprint density at radius 1 is 1.12 bits per heavy atom. The molecule has 1 saturated heterocycles. The van der Waals surface area contributed by atoms with E-state index >= 15 is 0 Å². The van der Waals surface area contributed by atoms with Gasteiger partial charge in [0, 0.05) is 17.3 Å². The second-order valence-corrected chi connectivity index (χ2v) is 8.12. The Morgan fingerprint density at radius 2 is 1.88 bits per heavy atom. The van der Waals surface area contributed by atoms with Crippen molar-refractivity contribution in [2.24, 2.45) is 0 Å². The van der Waals surface area contributed by atoms with E-state index in [2.05, 4.69) is 0 Å². The van der Waals surface area contributed by atoms with Gasteiger partial charge in [0.25, 0.3) is 5.91 Å². The van der Waals surface area contributed by atoms with Crippen LogP contribution in [0.5, 0.6) is 5.75 Å². The molecule has 1 aliphatic heterocycles. The number of nitrogens with zero attached hydrogens (tertiary/aromatic N) is 3. The van der Waals surface area contributed by atoms with Crippen molar-refractivity contribution in [3.8, 4) is 5.75 Å². The molecule has 0 saturated carbocycles. The largest absolute Gasteiger partial charge is 0.484 e. The molecule has 2 aromatic rings. The first-order valence-corrected chi connectivity index (χ1v) is 11.1. The van der Waals surface area contributed by atoms with Gasteiger partial charge in [-0.3, -0.25) is 19.3 Å². The topological polar surface area (TPSA) is 70.2 Å². The van der Waals surface area contributed by atoms with Gasteiger partial charge < -0.3 is 14.5 Å². The van der Waals surface area contributed by atoms with E-state index in [4.69, 9.17) is 16.3 Å². The highest BCUT2D eigenvalue weighted by Crippen LogP contribution is 2.28. The summed E-state index contributed by atoms with van der Waals surface area (Å²) in [7, 11) is 0. The fourth-order valence-corrected chi connectivity index (χ4v) is 3.64. The Kier molecular flexibility index (Phi) is 8.11. The van der Waals surface area contributed by atoms with E-state index in [9.17, 15) is 14.4 Å². The molecule has 0 atom stereocenters. The minimum atomic E-state index is -0.273. The van der Waals surface area contributed by atoms with Crippen LogP contribution in [0.25, 0.3) is 0 Å². The van der Waals surface area contributed by atoms with Gasteiger partial charge in [-0.2, -0.15) is 0 Å². The zero-order valence-electron chi connectivity index (χ0n) is 18.4. The molecule has 1 aliphatic rings. The summed E-state index contributed by atoms with van der Waals surface area (Å²) in [6.45, 7) is 4.19. The third-order valence-electron chi connectivity index (χ3n) is 5.39. The van der Waals surface area contributed by atoms with Crippen molar-refractivity contribution in [1.82, 2.24) is 9.80 Å². The summed E-state index contributed by atoms with van der Waals surface area (Å²) in [6.07, 6.45) is 1.67. The Bertz CT molecular complexity index is 967. The van der Waals surface area contributed by atoms with Gasteiger partial charge in [-0.15, -0.1) is 0 Å². The lowest BCUT2D eigenvalue weighted by Gasteiger charge is -2.25. The average Bonchev–Trinajstić information content (AvgIpc) is 3.19. The van der Waals surface area contributed by atoms with Gasteiger partial charge in [-0.25, -0.2) is 0 Å². The van der Waals surface area contributed by atoms with Crippen molar-refractivity contribution in [3.05, 3.63) is 59.1 Å². The average molecular weight is 458 g/mol. The lowest BCUT2D eigenvalue weighted by molar-refractivity contribution is -0.141. The molecule has 2 aromatic carbocycles. The number of amides is 3. The highest BCUT2D eigenvalue weighted by atomic mass is 35.5. The number of anilines is 1. The Labute approximate surface area is 193 Å². The van der Waals surface area contributed by atoms with E-state index in [1.807, 2.05) is 38.1 Å². The summed E-state index contributed by atoms with van der Waals surface area (Å²) in [5.41, 5.74) is 1.47. The number of hydrogen-bond donors (Lipinski definition) is 0. The Hall–Kier alpha value is -3.06. The van der Waals surface area contributed by atoms with E-state index in [1.165, 1.54) is 9.80 Å². The summed E-state index contributed by atoms with van der Waals surface area (Å²) in [5, 5.41) is 0.565. The summed E-state index contributed by atoms with van der Waals surface area (Å²) < 4.78 is 5.56. The smallest absolute Gasteiger partial charge is 0.260 e. The highest BCUT2D eigenvalue weighted by Gasteiger charge is 2.33. The van der Waals surface area contributed by atoms with Crippen molar-refractivity contribution in [2.45, 2.75) is 26.7 Å². The third kappa shape index (κ3) is 5.79. The van der Waals surface area contributed by atoms with Crippen LogP contribution in [0.1, 0.15) is 25.3 Å². The highest BCUT2D eigenvalue weighted by molar-refractivity contribution is 6.31. The van der Waals surface area contributed by atoms with Gasteiger partial charge in [-0.1, -0.05) is 49.2 Å². The summed E-state index contributed by atoms with van der Waals surface area (Å²) >= 11 is 6.19. The van der Waals surface area contributed by atoms with Gasteiger partial charge in [-0.05, 0) is 43.2 Å². The molecule has 8 heteroatoms. The van der Waals surface area contributed by atoms with Crippen molar-refractivity contribution in [2.75, 3.05) is 37.8 Å². The maximum absolute atomic E-state index is 13.0. The second-order valence-electron chi connectivity index (χ2n) is 7.71. The molecule has 3 amide bonds. The van der Waals surface area contributed by atoms with Crippen molar-refractivity contribution < 1.29 is 19.1 Å². The molecule has 0 unspecified atom stereocenters. The molecular formula is C24H28ClN3O4. The molecule has 1 fully saturated rings. The van der Waals surface area contributed by atoms with Gasteiger partial charge in [0.15, 0.2) is 6.61 Å². The SMILES string of the molecule is CCCCN(CC(=O)N1CC(=O)N(c2cccc(Cl)c2C)C1)C(=O)COc1ccccc1. The number of hydrogen-bond acceptors (Lipinski definition) is 4. The number of ether oxygens (including phenoxy) is 1. The normalized spacial score (nSPS) is 13.4. The van der Waals surface area contributed by atoms with Crippen LogP contribution in [0.3, 0.4) is 0 Å². The monoisotopic (exact) mass is 457 g/mol. The number of unbranched alkanes of at least 4 members (excludes halogenated alkanes) is 1. The fraction of sp³-hybridized carbons (Fsp3) is 0.375. The van der Waals surface area contributed by atoms with E-state index < -0.39 is 0 Å². The van der Waals surface area contributed by atoms with Crippen molar-refractivity contribution in [1.29, 1.82) is 0 Å². The first-order valence-electron chi connectivity index (χ1n) is 10.7. The molecule has 0 bridgehead atoms. The number of benzene rings is 2. The molecule has 0 radical (unpaired) electrons. The van der Waals surface area contributed by atoms with E-state index in [0.29, 0.717) is 23.0 Å². The van der Waals surface area contributed by atoms with E-state index in [-0.39, 0.29) is 44.1 Å². The van der Waals surface area contributed by atoms with Crippen LogP contribution in [0.4, 0.5) is 5.69 Å². The number of carbonyl (C=O) groups excluding carboxylic acids is 3. The Balaban J connectivity index is 1.63. The molecule has 32 heavy (non-hydrogen) atoms. The predicted octanol–water partition coefficient (Wildman–Crippen LogP) is 3.49. The van der Waals surface area contributed by atoms with Gasteiger partial charge in [0.1, 0.15) is 19.0 Å². The molecule has 1 heterocycles. The zero-order chi connectivity index (χ0) is 23.1. The van der Waals surface area contributed by atoms with Crippen LogP contribution in [0, 0.1) is 6.92 Å². The van der Waals surface area contributed by atoms with Crippen molar-refractivity contribution >= 4 is 35.0 Å². The second kappa shape index (κ2) is 11.0. The molecule has 3 rings (SSSR count). The molecular weight excluding hydrogens is 430 g/mol. The number of rotatable bonds is 9. The first-order chi connectivity index (χ1) is 15.4. The summed E-state index contributed by atoms with van der Waals surface area (Å²) in [5.74, 6) is -0.115. The van der Waals surface area contributed by atoms with Gasteiger partial charge >= 0.3 is 0 Å². The summed E-state index contributed by atoms with van der Waals surface area (Å²) in [6, 6.07) is 14.4. The first kappa shape index (κ1) is 23.6. The molecule has 170 valence electrons. The summed E-state index contributed by atoms with van der Waals surface area (Å²) in [4.78, 5) is 42.8. The standard InChI is InChI=1S/C24H28ClN3O4/c1-3-4-13-26(24(31)16-32-19-9-6-5-7-10-19)14-22(29)27-15-23(30)28(17-27)21-12-8-11-20(25)18(21)2/h5-12H,3-4,13-17H2,1-2H3. The minimum absolute atomic E-state index is 0.0267. The maximum atomic E-state index is 13.0. The maximum Gasteiger partial charge on any atom is 0.260 e. The predicted molar refractivity (Wildman–Crippen MR) is 124 cm³/mol. The van der Waals surface area contributed by atoms with Crippen LogP contribution in [0.2, 0.25) is 5.02 Å². The molecule has 0 aromatic heterocycles. The van der Waals surface area contributed by atoms with Crippen LogP contribution in [-0.2, 0) is 14.4 Å². The van der Waals surface area contributed by atoms with Crippen LogP contribution in [-0.4, -0.2) is 60.4 Å². The lowest BCUT2D eigenvalue weighted by atomic mass is 10.2. The van der Waals surface area contributed by atoms with Gasteiger partial charge in [0.05, 0.1) is 6.54 Å². The quantitative estimate of drug-likeness (QED) is 0.578. The number of para-hydroxylation sites is 1. The fourth-order valence-electron chi connectivity index (χ4n) is 3.47. The number of carbonyl (C=O) groups is 3. The lowest BCUT2D eigenvalue weighted by Crippen LogP contribution is -2.44. The van der Waals surface area contributed by atoms with Gasteiger partial charge in [0.2, 0.25) is 11.8 Å². The zero-order valence-corrected chi connectivity index (χ0v) is 19.2. The molecule has 0 aliphatic carbocycles. The van der Waals surface area contributed by atoms with E-state index in [1.54, 1.807) is 29.2 Å².